The molecule has 1 aromatic carbocycles. The Balaban J connectivity index is 2.74. The molecule has 0 bridgehead atoms. The van der Waals surface area contributed by atoms with Gasteiger partial charge in [0.25, 0.3) is 0 Å². The van der Waals surface area contributed by atoms with Crippen LogP contribution in [0.3, 0.4) is 0 Å². The van der Waals surface area contributed by atoms with E-state index in [0.717, 1.165) is 17.4 Å². The Morgan fingerprint density at radius 2 is 2.21 bits per heavy atom. The van der Waals surface area contributed by atoms with E-state index in [4.69, 9.17) is 5.73 Å². The van der Waals surface area contributed by atoms with Gasteiger partial charge in [0, 0.05) is 15.9 Å². The number of nitrogen functional groups attached to an aromatic ring is 1. The second-order valence-corrected chi connectivity index (χ2v) is 4.95. The van der Waals surface area contributed by atoms with Gasteiger partial charge in [0.1, 0.15) is 0 Å². The predicted molar refractivity (Wildman–Crippen MR) is 68.2 cm³/mol. The van der Waals surface area contributed by atoms with Gasteiger partial charge in [0.2, 0.25) is 0 Å². The van der Waals surface area contributed by atoms with Crippen LogP contribution < -0.4 is 5.73 Å². The normalized spacial score (nSPS) is 11.0. The van der Waals surface area contributed by atoms with Gasteiger partial charge >= 0.3 is 0 Å². The van der Waals surface area contributed by atoms with E-state index in [1.54, 1.807) is 11.3 Å². The molecule has 0 aliphatic carbocycles. The fraction of sp³-hybridized carbons (Fsp3) is 0.273. The number of hydrogen-bond donors (Lipinski definition) is 1. The van der Waals surface area contributed by atoms with Crippen LogP contribution in [0, 0.1) is 0 Å². The number of hydrogen-bond acceptors (Lipinski definition) is 2. The first-order valence-corrected chi connectivity index (χ1v) is 6.55. The van der Waals surface area contributed by atoms with Crippen molar-refractivity contribution in [2.24, 2.45) is 0 Å². The smallest absolute Gasteiger partial charge is 0.0578 e. The van der Waals surface area contributed by atoms with Crippen LogP contribution in [-0.2, 0) is 11.8 Å². The third-order valence-electron chi connectivity index (χ3n) is 2.37. The summed E-state index contributed by atoms with van der Waals surface area (Å²) in [5.74, 6) is 0. The van der Waals surface area contributed by atoms with Gasteiger partial charge in [-0.15, -0.1) is 11.3 Å². The molecule has 0 aliphatic rings. The minimum atomic E-state index is 0.898. The third kappa shape index (κ3) is 1.55. The average molecular weight is 270 g/mol. The first kappa shape index (κ1) is 9.99. The largest absolute Gasteiger partial charge is 0.398 e. The van der Waals surface area contributed by atoms with Crippen molar-refractivity contribution in [3.8, 4) is 0 Å². The number of aryl methyl sites for hydroxylation is 1. The van der Waals surface area contributed by atoms with Crippen molar-refractivity contribution < 1.29 is 0 Å². The number of anilines is 1. The number of fused-ring (bicyclic) bond motifs is 1. The quantitative estimate of drug-likeness (QED) is 0.649. The van der Waals surface area contributed by atoms with E-state index in [1.807, 2.05) is 6.07 Å². The summed E-state index contributed by atoms with van der Waals surface area (Å²) in [4.78, 5) is 1.34. The molecule has 14 heavy (non-hydrogen) atoms. The minimum Gasteiger partial charge on any atom is -0.398 e. The zero-order chi connectivity index (χ0) is 10.1. The van der Waals surface area contributed by atoms with Gasteiger partial charge in [-0.2, -0.15) is 0 Å². The first-order chi connectivity index (χ1) is 6.76. The van der Waals surface area contributed by atoms with Gasteiger partial charge in [-0.05, 0) is 29.5 Å². The first-order valence-electron chi connectivity index (χ1n) is 4.62. The number of rotatable bonds is 2. The lowest BCUT2D eigenvalue weighted by Crippen LogP contribution is -1.87. The SMILES string of the molecule is CCc1ccc(N)c2sc(CBr)cc12. The molecular weight excluding hydrogens is 258 g/mol. The third-order valence-corrected chi connectivity index (χ3v) is 4.53. The Morgan fingerprint density at radius 3 is 2.86 bits per heavy atom. The topological polar surface area (TPSA) is 26.0 Å². The van der Waals surface area contributed by atoms with Crippen molar-refractivity contribution in [3.05, 3.63) is 28.6 Å². The molecule has 1 nitrogen and oxygen atoms in total. The van der Waals surface area contributed by atoms with E-state index >= 15 is 0 Å². The highest BCUT2D eigenvalue weighted by Gasteiger charge is 2.07. The summed E-state index contributed by atoms with van der Waals surface area (Å²) in [6, 6.07) is 6.38. The molecule has 0 saturated heterocycles. The lowest BCUT2D eigenvalue weighted by atomic mass is 10.1. The summed E-state index contributed by atoms with van der Waals surface area (Å²) in [7, 11) is 0. The van der Waals surface area contributed by atoms with E-state index in [9.17, 15) is 0 Å². The van der Waals surface area contributed by atoms with Crippen LogP contribution in [0.15, 0.2) is 18.2 Å². The second kappa shape index (κ2) is 3.91. The van der Waals surface area contributed by atoms with E-state index in [-0.39, 0.29) is 0 Å². The maximum absolute atomic E-state index is 5.94. The maximum Gasteiger partial charge on any atom is 0.0578 e. The van der Waals surface area contributed by atoms with Crippen LogP contribution in [0.25, 0.3) is 10.1 Å². The Labute approximate surface area is 96.1 Å². The van der Waals surface area contributed by atoms with Crippen molar-refractivity contribution in [2.75, 3.05) is 5.73 Å². The number of alkyl halides is 1. The monoisotopic (exact) mass is 269 g/mol. The van der Waals surface area contributed by atoms with Crippen LogP contribution >= 0.6 is 27.3 Å². The van der Waals surface area contributed by atoms with Crippen LogP contribution in [0.4, 0.5) is 5.69 Å². The lowest BCUT2D eigenvalue weighted by molar-refractivity contribution is 1.16. The van der Waals surface area contributed by atoms with Crippen molar-refractivity contribution >= 4 is 43.0 Å². The summed E-state index contributed by atoms with van der Waals surface area (Å²) >= 11 is 5.26. The number of benzene rings is 1. The highest BCUT2D eigenvalue weighted by Crippen LogP contribution is 2.34. The van der Waals surface area contributed by atoms with E-state index < -0.39 is 0 Å². The average Bonchev–Trinajstić information content (AvgIpc) is 2.63. The van der Waals surface area contributed by atoms with Gasteiger partial charge in [-0.25, -0.2) is 0 Å². The van der Waals surface area contributed by atoms with E-state index in [0.29, 0.717) is 0 Å². The molecule has 0 amide bonds. The molecule has 0 fully saturated rings. The molecule has 0 saturated carbocycles. The molecule has 74 valence electrons. The zero-order valence-electron chi connectivity index (χ0n) is 8.01. The lowest BCUT2D eigenvalue weighted by Gasteiger charge is -2.00. The van der Waals surface area contributed by atoms with Crippen molar-refractivity contribution in [2.45, 2.75) is 18.7 Å². The molecule has 2 N–H and O–H groups in total. The molecule has 1 aromatic heterocycles. The summed E-state index contributed by atoms with van der Waals surface area (Å²) in [6.07, 6.45) is 1.06. The van der Waals surface area contributed by atoms with Crippen LogP contribution in [0.2, 0.25) is 0 Å². The molecule has 0 atom stereocenters. The summed E-state index contributed by atoms with van der Waals surface area (Å²) in [5, 5.41) is 2.24. The van der Waals surface area contributed by atoms with Gasteiger partial charge in [-0.1, -0.05) is 28.9 Å². The van der Waals surface area contributed by atoms with Gasteiger partial charge in [0.15, 0.2) is 0 Å². The minimum absolute atomic E-state index is 0.898. The number of halogens is 1. The molecule has 3 heteroatoms. The molecule has 0 radical (unpaired) electrons. The van der Waals surface area contributed by atoms with E-state index in [1.165, 1.54) is 20.5 Å². The van der Waals surface area contributed by atoms with Crippen molar-refractivity contribution in [1.82, 2.24) is 0 Å². The van der Waals surface area contributed by atoms with Crippen molar-refractivity contribution in [1.29, 1.82) is 0 Å². The number of thiophene rings is 1. The zero-order valence-corrected chi connectivity index (χ0v) is 10.4. The molecule has 1 heterocycles. The number of nitrogens with two attached hydrogens (primary N) is 1. The predicted octanol–water partition coefficient (Wildman–Crippen LogP) is 3.94. The summed E-state index contributed by atoms with van der Waals surface area (Å²) in [6.45, 7) is 2.18. The van der Waals surface area contributed by atoms with Crippen LogP contribution in [0.1, 0.15) is 17.4 Å². The Kier molecular flexibility index (Phi) is 2.79. The molecule has 2 aromatic rings. The molecule has 0 spiro atoms. The van der Waals surface area contributed by atoms with Gasteiger partial charge in [0.05, 0.1) is 4.70 Å². The van der Waals surface area contributed by atoms with Crippen LogP contribution in [0.5, 0.6) is 0 Å². The highest BCUT2D eigenvalue weighted by molar-refractivity contribution is 9.08. The molecule has 0 aliphatic heterocycles. The van der Waals surface area contributed by atoms with Gasteiger partial charge in [-0.3, -0.25) is 0 Å². The fourth-order valence-corrected chi connectivity index (χ4v) is 3.11. The Hall–Kier alpha value is -0.540. The van der Waals surface area contributed by atoms with Gasteiger partial charge < -0.3 is 5.73 Å². The summed E-state index contributed by atoms with van der Waals surface area (Å²) in [5.41, 5.74) is 8.23. The second-order valence-electron chi connectivity index (χ2n) is 3.26. The fourth-order valence-electron chi connectivity index (χ4n) is 1.63. The van der Waals surface area contributed by atoms with E-state index in [2.05, 4.69) is 35.0 Å². The highest BCUT2D eigenvalue weighted by atomic mass is 79.9. The Morgan fingerprint density at radius 1 is 1.43 bits per heavy atom. The van der Waals surface area contributed by atoms with Crippen molar-refractivity contribution in [3.63, 3.8) is 0 Å². The molecular formula is C11H12BrNS. The molecule has 2 rings (SSSR count). The molecule has 0 unspecified atom stereocenters. The Bertz CT molecular complexity index is 462. The maximum atomic E-state index is 5.94. The van der Waals surface area contributed by atoms with Crippen LogP contribution in [-0.4, -0.2) is 0 Å². The standard InChI is InChI=1S/C11H12BrNS/c1-2-7-3-4-10(13)11-9(7)5-8(6-12)14-11/h3-5H,2,6,13H2,1H3. The summed E-state index contributed by atoms with van der Waals surface area (Å²) < 4.78 is 1.24.